The van der Waals surface area contributed by atoms with Gasteiger partial charge < -0.3 is 15.5 Å². The highest BCUT2D eigenvalue weighted by molar-refractivity contribution is 7.89. The molecule has 0 radical (unpaired) electrons. The van der Waals surface area contributed by atoms with Crippen LogP contribution in [0.25, 0.3) is 10.9 Å². The Bertz CT molecular complexity index is 1430. The molecular weight excluding hydrogens is 532 g/mol. The maximum atomic E-state index is 13.5. The van der Waals surface area contributed by atoms with Gasteiger partial charge >= 0.3 is 0 Å². The van der Waals surface area contributed by atoms with Gasteiger partial charge in [0.2, 0.25) is 16.0 Å². The average Bonchev–Trinajstić information content (AvgIpc) is 3.43. The molecular formula is C32H46N6O2S. The Morgan fingerprint density at radius 2 is 1.63 bits per heavy atom. The third-order valence-corrected chi connectivity index (χ3v) is 10.6. The zero-order valence-corrected chi connectivity index (χ0v) is 26.0. The first kappa shape index (κ1) is 29.7. The summed E-state index contributed by atoms with van der Waals surface area (Å²) in [6, 6.07) is 16.0. The number of anilines is 2. The number of fused-ring (bicyclic) bond motifs is 1. The largest absolute Gasteiger partial charge is 0.362 e. The number of aromatic nitrogens is 2. The van der Waals surface area contributed by atoms with Gasteiger partial charge in [0.15, 0.2) is 0 Å². The summed E-state index contributed by atoms with van der Waals surface area (Å²) in [6.07, 6.45) is 6.23. The number of nitrogens with zero attached hydrogens (tertiary/aromatic N) is 4. The normalized spacial score (nSPS) is 22.2. The van der Waals surface area contributed by atoms with Crippen molar-refractivity contribution < 1.29 is 8.42 Å². The van der Waals surface area contributed by atoms with Gasteiger partial charge in [-0.05, 0) is 86.2 Å². The van der Waals surface area contributed by atoms with Crippen LogP contribution in [0.3, 0.4) is 0 Å². The van der Waals surface area contributed by atoms with E-state index in [1.807, 2.05) is 49.3 Å². The second-order valence-electron chi connectivity index (χ2n) is 13.0. The van der Waals surface area contributed by atoms with Gasteiger partial charge in [-0.2, -0.15) is 9.29 Å². The van der Waals surface area contributed by atoms with Crippen molar-refractivity contribution in [2.45, 2.75) is 81.7 Å². The Hall–Kier alpha value is -2.75. The van der Waals surface area contributed by atoms with Crippen LogP contribution in [0.5, 0.6) is 0 Å². The van der Waals surface area contributed by atoms with Crippen molar-refractivity contribution >= 4 is 32.7 Å². The van der Waals surface area contributed by atoms with Crippen molar-refractivity contribution in [3.63, 3.8) is 0 Å². The molecule has 1 aliphatic carbocycles. The molecule has 1 atom stereocenters. The second kappa shape index (κ2) is 12.2. The van der Waals surface area contributed by atoms with Gasteiger partial charge in [0.1, 0.15) is 5.82 Å². The standard InChI is InChI=1S/C32H46N6O2S/c1-32(2,3)24-14-18-27(19-15-24)41(39,40)38-20-8-9-26(38)22-33-21-23-12-16-25(17-13-23)34-31-35-29-11-7-6-10-28(29)30(36-31)37(4)5/h6-7,10-11,14-15,18-19,23,25-26,33H,8-9,12-13,16-17,20-22H2,1-5H3,(H,34,35,36)/t23?,25?,26-/m0/s1. The molecule has 3 aromatic rings. The first-order chi connectivity index (χ1) is 19.5. The van der Waals surface area contributed by atoms with Crippen LogP contribution in [0.4, 0.5) is 11.8 Å². The lowest BCUT2D eigenvalue weighted by molar-refractivity contribution is 0.308. The minimum absolute atomic E-state index is 0.00256. The molecule has 1 aliphatic heterocycles. The third-order valence-electron chi connectivity index (χ3n) is 8.65. The van der Waals surface area contributed by atoms with Crippen molar-refractivity contribution in [1.29, 1.82) is 0 Å². The Kier molecular flexibility index (Phi) is 8.87. The van der Waals surface area contributed by atoms with Crippen LogP contribution in [0.15, 0.2) is 53.4 Å². The summed E-state index contributed by atoms with van der Waals surface area (Å²) < 4.78 is 28.7. The Balaban J connectivity index is 1.11. The third kappa shape index (κ3) is 6.84. The molecule has 1 aromatic heterocycles. The molecule has 2 heterocycles. The van der Waals surface area contributed by atoms with E-state index in [0.29, 0.717) is 35.9 Å². The van der Waals surface area contributed by atoms with E-state index in [4.69, 9.17) is 9.97 Å². The molecule has 41 heavy (non-hydrogen) atoms. The zero-order chi connectivity index (χ0) is 29.2. The summed E-state index contributed by atoms with van der Waals surface area (Å²) in [5.41, 5.74) is 2.10. The summed E-state index contributed by atoms with van der Waals surface area (Å²) in [4.78, 5) is 12.0. The maximum absolute atomic E-state index is 13.5. The van der Waals surface area contributed by atoms with Crippen LogP contribution in [-0.4, -0.2) is 68.5 Å². The molecule has 0 spiro atoms. The van der Waals surface area contributed by atoms with Gasteiger partial charge in [-0.1, -0.05) is 45.0 Å². The minimum atomic E-state index is -3.49. The number of nitrogens with one attached hydrogen (secondary N) is 2. The Morgan fingerprint density at radius 1 is 0.927 bits per heavy atom. The fourth-order valence-electron chi connectivity index (χ4n) is 6.20. The molecule has 2 aliphatic rings. The van der Waals surface area contributed by atoms with Crippen LogP contribution < -0.4 is 15.5 Å². The van der Waals surface area contributed by atoms with Gasteiger partial charge in [0, 0.05) is 44.7 Å². The molecule has 5 rings (SSSR count). The molecule has 9 heteroatoms. The van der Waals surface area contributed by atoms with Crippen molar-refractivity contribution in [1.82, 2.24) is 19.6 Å². The van der Waals surface area contributed by atoms with E-state index in [9.17, 15) is 8.42 Å². The molecule has 0 bridgehead atoms. The van der Waals surface area contributed by atoms with E-state index in [1.165, 1.54) is 0 Å². The molecule has 8 nitrogen and oxygen atoms in total. The van der Waals surface area contributed by atoms with E-state index in [0.717, 1.165) is 67.4 Å². The number of para-hydroxylation sites is 1. The minimum Gasteiger partial charge on any atom is -0.362 e. The SMILES string of the molecule is CN(C)c1nc(NC2CCC(CNC[C@@H]3CCCN3S(=O)(=O)c3ccc(C(C)(C)C)cc3)CC2)nc2ccccc12. The predicted molar refractivity (Wildman–Crippen MR) is 168 cm³/mol. The van der Waals surface area contributed by atoms with Gasteiger partial charge in [-0.3, -0.25) is 0 Å². The lowest BCUT2D eigenvalue weighted by Crippen LogP contribution is -2.43. The monoisotopic (exact) mass is 578 g/mol. The summed E-state index contributed by atoms with van der Waals surface area (Å²) in [6.45, 7) is 8.65. The maximum Gasteiger partial charge on any atom is 0.243 e. The highest BCUT2D eigenvalue weighted by Crippen LogP contribution is 2.30. The number of sulfonamides is 1. The Morgan fingerprint density at radius 3 is 2.32 bits per heavy atom. The van der Waals surface area contributed by atoms with E-state index in [1.54, 1.807) is 16.4 Å². The first-order valence-corrected chi connectivity index (χ1v) is 16.5. The summed E-state index contributed by atoms with van der Waals surface area (Å²) in [5, 5.41) is 8.28. The second-order valence-corrected chi connectivity index (χ2v) is 14.9. The smallest absolute Gasteiger partial charge is 0.243 e. The van der Waals surface area contributed by atoms with Crippen LogP contribution >= 0.6 is 0 Å². The molecule has 2 fully saturated rings. The van der Waals surface area contributed by atoms with Crippen LogP contribution in [0.2, 0.25) is 0 Å². The first-order valence-electron chi connectivity index (χ1n) is 15.1. The van der Waals surface area contributed by atoms with E-state index in [-0.39, 0.29) is 11.5 Å². The quantitative estimate of drug-likeness (QED) is 0.351. The lowest BCUT2D eigenvalue weighted by atomic mass is 9.86. The molecule has 222 valence electrons. The average molecular weight is 579 g/mol. The molecule has 0 unspecified atom stereocenters. The van der Waals surface area contributed by atoms with Crippen molar-refractivity contribution in [3.8, 4) is 0 Å². The molecule has 1 saturated heterocycles. The fourth-order valence-corrected chi connectivity index (χ4v) is 7.90. The van der Waals surface area contributed by atoms with E-state index in [2.05, 4.69) is 37.5 Å². The molecule has 2 N–H and O–H groups in total. The Labute approximate surface area is 246 Å². The highest BCUT2D eigenvalue weighted by atomic mass is 32.2. The van der Waals surface area contributed by atoms with Gasteiger partial charge in [0.05, 0.1) is 10.4 Å². The summed E-state index contributed by atoms with van der Waals surface area (Å²) >= 11 is 0. The van der Waals surface area contributed by atoms with Gasteiger partial charge in [-0.25, -0.2) is 13.4 Å². The van der Waals surface area contributed by atoms with E-state index >= 15 is 0 Å². The van der Waals surface area contributed by atoms with Gasteiger partial charge in [0.25, 0.3) is 0 Å². The van der Waals surface area contributed by atoms with E-state index < -0.39 is 10.0 Å². The van der Waals surface area contributed by atoms with Crippen molar-refractivity contribution in [2.75, 3.05) is 43.9 Å². The van der Waals surface area contributed by atoms with Gasteiger partial charge in [-0.15, -0.1) is 0 Å². The summed E-state index contributed by atoms with van der Waals surface area (Å²) in [7, 11) is 0.536. The zero-order valence-electron chi connectivity index (χ0n) is 25.2. The van der Waals surface area contributed by atoms with Crippen molar-refractivity contribution in [2.24, 2.45) is 5.92 Å². The fraction of sp³-hybridized carbons (Fsp3) is 0.562. The topological polar surface area (TPSA) is 90.5 Å². The predicted octanol–water partition coefficient (Wildman–Crippen LogP) is 5.41. The van der Waals surface area contributed by atoms with Crippen molar-refractivity contribution in [3.05, 3.63) is 54.1 Å². The highest BCUT2D eigenvalue weighted by Gasteiger charge is 2.35. The molecule has 0 amide bonds. The molecule has 1 saturated carbocycles. The van der Waals surface area contributed by atoms with Crippen LogP contribution in [0, 0.1) is 5.92 Å². The number of benzene rings is 2. The molecule has 2 aromatic carbocycles. The number of rotatable bonds is 9. The summed E-state index contributed by atoms with van der Waals surface area (Å²) in [5.74, 6) is 2.23. The van der Waals surface area contributed by atoms with Crippen LogP contribution in [0.1, 0.15) is 64.9 Å². The lowest BCUT2D eigenvalue weighted by Gasteiger charge is -2.30. The number of hydrogen-bond donors (Lipinski definition) is 2. The number of hydrogen-bond acceptors (Lipinski definition) is 7. The van der Waals surface area contributed by atoms with Crippen LogP contribution in [-0.2, 0) is 15.4 Å².